The van der Waals surface area contributed by atoms with Gasteiger partial charge in [-0.05, 0) is 50.8 Å². The van der Waals surface area contributed by atoms with Gasteiger partial charge in [0.2, 0.25) is 0 Å². The van der Waals surface area contributed by atoms with E-state index in [-0.39, 0.29) is 0 Å². The summed E-state index contributed by atoms with van der Waals surface area (Å²) in [5, 5.41) is 1.39. The minimum atomic E-state index is -3.45. The Morgan fingerprint density at radius 2 is 1.89 bits per heavy atom. The summed E-state index contributed by atoms with van der Waals surface area (Å²) < 4.78 is 35.6. The molecule has 1 aromatic heterocycles. The Morgan fingerprint density at radius 3 is 2.54 bits per heavy atom. The SMILES string of the molecule is CCOP(=O)(OCC)c1cc(Br)cc2ccc(CCC(C)COCOC)nc12. The van der Waals surface area contributed by atoms with Crippen molar-refractivity contribution in [1.29, 1.82) is 0 Å². The van der Waals surface area contributed by atoms with Crippen LogP contribution in [-0.2, 0) is 29.5 Å². The van der Waals surface area contributed by atoms with E-state index in [0.29, 0.717) is 43.4 Å². The lowest BCUT2D eigenvalue weighted by Crippen LogP contribution is -2.14. The van der Waals surface area contributed by atoms with Crippen LogP contribution in [-0.4, -0.2) is 38.7 Å². The first-order chi connectivity index (χ1) is 13.4. The number of halogens is 1. The number of hydrogen-bond acceptors (Lipinski definition) is 6. The molecule has 0 saturated heterocycles. The van der Waals surface area contributed by atoms with Gasteiger partial charge < -0.3 is 18.5 Å². The number of ether oxygens (including phenoxy) is 2. The molecule has 156 valence electrons. The molecule has 0 N–H and O–H groups in total. The molecule has 0 amide bonds. The molecule has 0 radical (unpaired) electrons. The topological polar surface area (TPSA) is 66.9 Å². The monoisotopic (exact) mass is 473 g/mol. The van der Waals surface area contributed by atoms with E-state index in [4.69, 9.17) is 23.5 Å². The number of hydrogen-bond donors (Lipinski definition) is 0. The normalized spacial score (nSPS) is 13.2. The van der Waals surface area contributed by atoms with Crippen molar-refractivity contribution in [1.82, 2.24) is 4.98 Å². The molecule has 0 aliphatic heterocycles. The Kier molecular flexibility index (Phi) is 9.54. The zero-order chi connectivity index (χ0) is 20.6. The average molecular weight is 474 g/mol. The van der Waals surface area contributed by atoms with Gasteiger partial charge in [-0.2, -0.15) is 0 Å². The fourth-order valence-corrected chi connectivity index (χ4v) is 5.32. The van der Waals surface area contributed by atoms with E-state index >= 15 is 0 Å². The van der Waals surface area contributed by atoms with Gasteiger partial charge in [-0.1, -0.05) is 28.9 Å². The molecule has 1 aromatic carbocycles. The van der Waals surface area contributed by atoms with Crippen LogP contribution in [0.15, 0.2) is 28.7 Å². The maximum Gasteiger partial charge on any atom is 0.363 e. The summed E-state index contributed by atoms with van der Waals surface area (Å²) in [5.74, 6) is 0.384. The third-order valence-electron chi connectivity index (χ3n) is 4.18. The maximum atomic E-state index is 13.4. The number of rotatable bonds is 12. The van der Waals surface area contributed by atoms with Gasteiger partial charge in [0.25, 0.3) is 0 Å². The molecule has 0 aliphatic rings. The second-order valence-electron chi connectivity index (χ2n) is 6.55. The molecule has 1 atom stereocenters. The van der Waals surface area contributed by atoms with Crippen LogP contribution in [0, 0.1) is 5.92 Å². The quantitative estimate of drug-likeness (QED) is 0.243. The predicted octanol–water partition coefficient (Wildman–Crippen LogP) is 5.08. The second kappa shape index (κ2) is 11.4. The minimum Gasteiger partial charge on any atom is -0.359 e. The maximum absolute atomic E-state index is 13.4. The number of pyridine rings is 1. The highest BCUT2D eigenvalue weighted by Crippen LogP contribution is 2.48. The molecule has 0 saturated carbocycles. The molecule has 0 spiro atoms. The van der Waals surface area contributed by atoms with Crippen molar-refractivity contribution in [3.63, 3.8) is 0 Å². The molecule has 8 heteroatoms. The van der Waals surface area contributed by atoms with E-state index in [1.165, 1.54) is 0 Å². The van der Waals surface area contributed by atoms with E-state index in [9.17, 15) is 4.57 Å². The number of fused-ring (bicyclic) bond motifs is 1. The van der Waals surface area contributed by atoms with Crippen molar-refractivity contribution in [3.8, 4) is 0 Å². The summed E-state index contributed by atoms with van der Waals surface area (Å²) in [6.07, 6.45) is 1.74. The molecule has 0 fully saturated rings. The smallest absolute Gasteiger partial charge is 0.359 e. The summed E-state index contributed by atoms with van der Waals surface area (Å²) in [6, 6.07) is 7.75. The molecule has 6 nitrogen and oxygen atoms in total. The van der Waals surface area contributed by atoms with Crippen LogP contribution >= 0.6 is 23.5 Å². The molecule has 1 heterocycles. The van der Waals surface area contributed by atoms with Crippen LogP contribution < -0.4 is 5.30 Å². The summed E-state index contributed by atoms with van der Waals surface area (Å²) >= 11 is 3.49. The standard InChI is InChI=1S/C20H29BrNO5P/c1-5-26-28(23,27-6-2)19-12-17(21)11-16-8-10-18(22-20(16)19)9-7-15(3)13-25-14-24-4/h8,10-12,15H,5-7,9,13-14H2,1-4H3. The van der Waals surface area contributed by atoms with Crippen molar-refractivity contribution < 1.29 is 23.1 Å². The molecular weight excluding hydrogens is 445 g/mol. The highest BCUT2D eigenvalue weighted by Gasteiger charge is 2.30. The van der Waals surface area contributed by atoms with Gasteiger partial charge in [-0.3, -0.25) is 9.55 Å². The highest BCUT2D eigenvalue weighted by atomic mass is 79.9. The molecule has 0 bridgehead atoms. The molecule has 2 rings (SSSR count). The molecule has 0 aliphatic carbocycles. The third-order valence-corrected chi connectivity index (χ3v) is 6.77. The van der Waals surface area contributed by atoms with Gasteiger partial charge in [-0.15, -0.1) is 0 Å². The van der Waals surface area contributed by atoms with Crippen LogP contribution in [0.1, 0.15) is 32.9 Å². The number of aromatic nitrogens is 1. The van der Waals surface area contributed by atoms with E-state index in [1.807, 2.05) is 18.2 Å². The Labute approximate surface area is 175 Å². The van der Waals surface area contributed by atoms with Crippen molar-refractivity contribution in [2.45, 2.75) is 33.6 Å². The van der Waals surface area contributed by atoms with E-state index < -0.39 is 7.60 Å². The lowest BCUT2D eigenvalue weighted by molar-refractivity contribution is -0.0422. The lowest BCUT2D eigenvalue weighted by Gasteiger charge is -2.19. The van der Waals surface area contributed by atoms with Crippen LogP contribution in [0.25, 0.3) is 10.9 Å². The molecule has 2 aromatic rings. The first-order valence-corrected chi connectivity index (χ1v) is 11.8. The van der Waals surface area contributed by atoms with Crippen LogP contribution in [0.2, 0.25) is 0 Å². The molecule has 28 heavy (non-hydrogen) atoms. The molecular formula is C20H29BrNO5P. The summed E-state index contributed by atoms with van der Waals surface area (Å²) in [6.45, 7) is 7.28. The van der Waals surface area contributed by atoms with Gasteiger partial charge in [0.15, 0.2) is 0 Å². The predicted molar refractivity (Wildman–Crippen MR) is 115 cm³/mol. The fraction of sp³-hybridized carbons (Fsp3) is 0.550. The summed E-state index contributed by atoms with van der Waals surface area (Å²) in [7, 11) is -1.83. The zero-order valence-corrected chi connectivity index (χ0v) is 19.4. The largest absolute Gasteiger partial charge is 0.363 e. The van der Waals surface area contributed by atoms with E-state index in [0.717, 1.165) is 28.4 Å². The van der Waals surface area contributed by atoms with Crippen molar-refractivity contribution in [2.24, 2.45) is 5.92 Å². The lowest BCUT2D eigenvalue weighted by atomic mass is 10.0. The van der Waals surface area contributed by atoms with Crippen molar-refractivity contribution in [2.75, 3.05) is 33.7 Å². The number of benzene rings is 1. The van der Waals surface area contributed by atoms with E-state index in [2.05, 4.69) is 22.9 Å². The van der Waals surface area contributed by atoms with Gasteiger partial charge in [0.05, 0.1) is 30.6 Å². The van der Waals surface area contributed by atoms with Gasteiger partial charge in [0.1, 0.15) is 6.79 Å². The fourth-order valence-electron chi connectivity index (χ4n) is 2.90. The zero-order valence-electron chi connectivity index (χ0n) is 16.9. The first kappa shape index (κ1) is 23.5. The third kappa shape index (κ3) is 6.34. The number of aryl methyl sites for hydroxylation is 1. The van der Waals surface area contributed by atoms with Crippen LogP contribution in [0.3, 0.4) is 0 Å². The Hall–Kier alpha value is -0.820. The first-order valence-electron chi connectivity index (χ1n) is 9.49. The van der Waals surface area contributed by atoms with E-state index in [1.54, 1.807) is 27.0 Å². The number of nitrogens with zero attached hydrogens (tertiary/aromatic N) is 1. The average Bonchev–Trinajstić information content (AvgIpc) is 2.66. The van der Waals surface area contributed by atoms with Crippen LogP contribution in [0.5, 0.6) is 0 Å². The number of methoxy groups -OCH3 is 1. The van der Waals surface area contributed by atoms with Crippen molar-refractivity contribution >= 4 is 39.7 Å². The van der Waals surface area contributed by atoms with Gasteiger partial charge in [-0.25, -0.2) is 0 Å². The minimum absolute atomic E-state index is 0.296. The molecule has 1 unspecified atom stereocenters. The van der Waals surface area contributed by atoms with Crippen LogP contribution in [0.4, 0.5) is 0 Å². The van der Waals surface area contributed by atoms with Gasteiger partial charge >= 0.3 is 7.60 Å². The second-order valence-corrected chi connectivity index (χ2v) is 9.46. The van der Waals surface area contributed by atoms with Crippen molar-refractivity contribution in [3.05, 3.63) is 34.4 Å². The summed E-state index contributed by atoms with van der Waals surface area (Å²) in [4.78, 5) is 4.80. The van der Waals surface area contributed by atoms with Gasteiger partial charge in [0, 0.05) is 22.7 Å². The summed E-state index contributed by atoms with van der Waals surface area (Å²) in [5.41, 5.74) is 1.60. The Morgan fingerprint density at radius 1 is 1.18 bits per heavy atom. The Balaban J connectivity index is 2.30. The highest BCUT2D eigenvalue weighted by molar-refractivity contribution is 9.10. The Bertz CT molecular complexity index is 807.